The molecule has 2 heterocycles. The van der Waals surface area contributed by atoms with Gasteiger partial charge in [-0.15, -0.1) is 0 Å². The number of aromatic nitrogens is 1. The molecule has 4 aromatic rings. The first kappa shape index (κ1) is 16.8. The number of hydrogen-bond donors (Lipinski definition) is 1. The molecule has 2 aromatic carbocycles. The molecule has 0 aliphatic carbocycles. The van der Waals surface area contributed by atoms with Gasteiger partial charge in [-0.25, -0.2) is 4.79 Å². The molecular weight excluding hydrogens is 344 g/mol. The van der Waals surface area contributed by atoms with Gasteiger partial charge in [0.2, 0.25) is 0 Å². The van der Waals surface area contributed by atoms with E-state index in [0.717, 1.165) is 16.6 Å². The Kier molecular flexibility index (Phi) is 4.08. The minimum absolute atomic E-state index is 0.0761. The van der Waals surface area contributed by atoms with Crippen molar-refractivity contribution in [2.24, 2.45) is 0 Å². The third kappa shape index (κ3) is 3.01. The second-order valence-corrected chi connectivity index (χ2v) is 6.11. The van der Waals surface area contributed by atoms with Crippen molar-refractivity contribution in [2.75, 3.05) is 12.4 Å². The van der Waals surface area contributed by atoms with Gasteiger partial charge in [0.1, 0.15) is 5.56 Å². The van der Waals surface area contributed by atoms with E-state index in [4.69, 9.17) is 9.15 Å². The number of fused-ring (bicyclic) bond motifs is 2. The lowest BCUT2D eigenvalue weighted by molar-refractivity contribution is 0.102. The van der Waals surface area contributed by atoms with Crippen molar-refractivity contribution in [3.8, 4) is 5.75 Å². The van der Waals surface area contributed by atoms with E-state index < -0.39 is 11.5 Å². The van der Waals surface area contributed by atoms with Gasteiger partial charge in [0, 0.05) is 16.5 Å². The standard InChI is InChI=1S/C21H16N2O4/c1-12-9-10-14-16(22-12)6-4-7-17(14)23-20(24)15-11-13-5-3-8-18(26-2)19(13)27-21(15)25/h3-11H,1-2H3,(H,23,24). The predicted octanol–water partition coefficient (Wildman–Crippen LogP) is 3.91. The van der Waals surface area contributed by atoms with Gasteiger partial charge in [-0.05, 0) is 43.3 Å². The lowest BCUT2D eigenvalue weighted by Gasteiger charge is -2.09. The third-order valence-corrected chi connectivity index (χ3v) is 4.31. The molecule has 134 valence electrons. The van der Waals surface area contributed by atoms with Crippen molar-refractivity contribution >= 4 is 33.5 Å². The van der Waals surface area contributed by atoms with Gasteiger partial charge < -0.3 is 14.5 Å². The summed E-state index contributed by atoms with van der Waals surface area (Å²) in [5.41, 5.74) is 1.74. The molecule has 0 aliphatic rings. The molecule has 0 fully saturated rings. The zero-order valence-electron chi connectivity index (χ0n) is 14.8. The predicted molar refractivity (Wildman–Crippen MR) is 103 cm³/mol. The van der Waals surface area contributed by atoms with Crippen LogP contribution < -0.4 is 15.7 Å². The Balaban J connectivity index is 1.76. The second-order valence-electron chi connectivity index (χ2n) is 6.11. The Morgan fingerprint density at radius 2 is 1.93 bits per heavy atom. The molecule has 0 radical (unpaired) electrons. The molecule has 0 unspecified atom stereocenters. The summed E-state index contributed by atoms with van der Waals surface area (Å²) >= 11 is 0. The maximum atomic E-state index is 12.7. The van der Waals surface area contributed by atoms with Gasteiger partial charge in [0.05, 0.1) is 18.3 Å². The van der Waals surface area contributed by atoms with Crippen LogP contribution >= 0.6 is 0 Å². The van der Waals surface area contributed by atoms with Gasteiger partial charge in [0.15, 0.2) is 11.3 Å². The summed E-state index contributed by atoms with van der Waals surface area (Å²) in [6.45, 7) is 1.90. The molecule has 0 aliphatic heterocycles. The Morgan fingerprint density at radius 3 is 2.74 bits per heavy atom. The number of pyridine rings is 1. The van der Waals surface area contributed by atoms with Crippen LogP contribution in [0.1, 0.15) is 16.1 Å². The number of methoxy groups -OCH3 is 1. The van der Waals surface area contributed by atoms with Gasteiger partial charge in [-0.1, -0.05) is 18.2 Å². The largest absolute Gasteiger partial charge is 0.493 e. The SMILES string of the molecule is COc1cccc2cc(C(=O)Nc3cccc4nc(C)ccc34)c(=O)oc12. The summed E-state index contributed by atoms with van der Waals surface area (Å²) in [4.78, 5) is 29.5. The number of amides is 1. The minimum atomic E-state index is -0.723. The van der Waals surface area contributed by atoms with E-state index in [2.05, 4.69) is 10.3 Å². The molecule has 0 spiro atoms. The molecule has 0 saturated carbocycles. The van der Waals surface area contributed by atoms with Crippen LogP contribution in [-0.4, -0.2) is 18.0 Å². The molecule has 6 heteroatoms. The fourth-order valence-corrected chi connectivity index (χ4v) is 2.99. The Morgan fingerprint density at radius 1 is 1.11 bits per heavy atom. The fraction of sp³-hybridized carbons (Fsp3) is 0.0952. The Hall–Kier alpha value is -3.67. The smallest absolute Gasteiger partial charge is 0.349 e. The van der Waals surface area contributed by atoms with E-state index in [-0.39, 0.29) is 5.56 Å². The van der Waals surface area contributed by atoms with Crippen LogP contribution in [0.4, 0.5) is 5.69 Å². The van der Waals surface area contributed by atoms with Crippen molar-refractivity contribution in [2.45, 2.75) is 6.92 Å². The summed E-state index contributed by atoms with van der Waals surface area (Å²) in [5, 5.41) is 4.19. The molecule has 2 aromatic heterocycles. The number of hydrogen-bond acceptors (Lipinski definition) is 5. The number of anilines is 1. The van der Waals surface area contributed by atoms with Crippen molar-refractivity contribution in [1.82, 2.24) is 4.98 Å². The number of para-hydroxylation sites is 1. The van der Waals surface area contributed by atoms with Crippen molar-refractivity contribution in [1.29, 1.82) is 0 Å². The number of benzene rings is 2. The van der Waals surface area contributed by atoms with Crippen LogP contribution in [0.25, 0.3) is 21.9 Å². The van der Waals surface area contributed by atoms with Gasteiger partial charge in [0.25, 0.3) is 5.91 Å². The Labute approximate surface area is 154 Å². The first-order valence-corrected chi connectivity index (χ1v) is 8.35. The molecule has 1 N–H and O–H groups in total. The van der Waals surface area contributed by atoms with Crippen LogP contribution in [-0.2, 0) is 0 Å². The van der Waals surface area contributed by atoms with Crippen LogP contribution in [0.15, 0.2) is 63.8 Å². The van der Waals surface area contributed by atoms with E-state index in [1.165, 1.54) is 13.2 Å². The number of nitrogens with zero attached hydrogens (tertiary/aromatic N) is 1. The highest BCUT2D eigenvalue weighted by Crippen LogP contribution is 2.26. The third-order valence-electron chi connectivity index (χ3n) is 4.31. The molecule has 0 atom stereocenters. The molecule has 6 nitrogen and oxygen atoms in total. The maximum Gasteiger partial charge on any atom is 0.349 e. The summed E-state index contributed by atoms with van der Waals surface area (Å²) < 4.78 is 10.5. The first-order chi connectivity index (χ1) is 13.1. The van der Waals surface area contributed by atoms with E-state index >= 15 is 0 Å². The highest BCUT2D eigenvalue weighted by molar-refractivity contribution is 6.09. The van der Waals surface area contributed by atoms with E-state index in [1.54, 1.807) is 30.3 Å². The monoisotopic (exact) mass is 360 g/mol. The molecule has 1 amide bonds. The number of carbonyl (C=O) groups is 1. The van der Waals surface area contributed by atoms with Gasteiger partial charge in [-0.3, -0.25) is 9.78 Å². The summed E-state index contributed by atoms with van der Waals surface area (Å²) in [7, 11) is 1.49. The second kappa shape index (κ2) is 6.57. The quantitative estimate of drug-likeness (QED) is 0.560. The highest BCUT2D eigenvalue weighted by atomic mass is 16.5. The molecule has 4 rings (SSSR count). The first-order valence-electron chi connectivity index (χ1n) is 8.35. The lowest BCUT2D eigenvalue weighted by atomic mass is 10.1. The minimum Gasteiger partial charge on any atom is -0.493 e. The molecule has 27 heavy (non-hydrogen) atoms. The van der Waals surface area contributed by atoms with Crippen LogP contribution in [0.3, 0.4) is 0 Å². The molecule has 0 saturated heterocycles. The average Bonchev–Trinajstić information content (AvgIpc) is 2.66. The number of rotatable bonds is 3. The van der Waals surface area contributed by atoms with E-state index in [1.807, 2.05) is 25.1 Å². The van der Waals surface area contributed by atoms with Crippen molar-refractivity contribution in [3.05, 3.63) is 76.3 Å². The lowest BCUT2D eigenvalue weighted by Crippen LogP contribution is -2.20. The Bertz CT molecular complexity index is 1240. The van der Waals surface area contributed by atoms with Gasteiger partial charge in [-0.2, -0.15) is 0 Å². The van der Waals surface area contributed by atoms with E-state index in [0.29, 0.717) is 22.4 Å². The summed E-state index contributed by atoms with van der Waals surface area (Å²) in [6, 6.07) is 15.9. The van der Waals surface area contributed by atoms with E-state index in [9.17, 15) is 9.59 Å². The average molecular weight is 360 g/mol. The van der Waals surface area contributed by atoms with Gasteiger partial charge >= 0.3 is 5.63 Å². The number of ether oxygens (including phenoxy) is 1. The van der Waals surface area contributed by atoms with Crippen molar-refractivity contribution < 1.29 is 13.9 Å². The number of aryl methyl sites for hydroxylation is 1. The highest BCUT2D eigenvalue weighted by Gasteiger charge is 2.16. The van der Waals surface area contributed by atoms with Crippen molar-refractivity contribution in [3.63, 3.8) is 0 Å². The zero-order chi connectivity index (χ0) is 19.0. The van der Waals surface area contributed by atoms with Crippen LogP contribution in [0.5, 0.6) is 5.75 Å². The topological polar surface area (TPSA) is 81.4 Å². The zero-order valence-corrected chi connectivity index (χ0v) is 14.8. The maximum absolute atomic E-state index is 12.7. The molecular formula is C21H16N2O4. The molecule has 0 bridgehead atoms. The normalized spacial score (nSPS) is 10.9. The van der Waals surface area contributed by atoms with Crippen LogP contribution in [0.2, 0.25) is 0 Å². The van der Waals surface area contributed by atoms with Crippen LogP contribution in [0, 0.1) is 6.92 Å². The number of nitrogens with one attached hydrogen (secondary N) is 1. The number of carbonyl (C=O) groups excluding carboxylic acids is 1. The summed E-state index contributed by atoms with van der Waals surface area (Å²) in [5.74, 6) is -0.103. The fourth-order valence-electron chi connectivity index (χ4n) is 2.99. The summed E-state index contributed by atoms with van der Waals surface area (Å²) in [6.07, 6.45) is 0.